The van der Waals surface area contributed by atoms with Gasteiger partial charge in [0.05, 0.1) is 5.02 Å². The van der Waals surface area contributed by atoms with E-state index in [4.69, 9.17) is 11.6 Å². The fourth-order valence-corrected chi connectivity index (χ4v) is 3.13. The molecule has 0 spiro atoms. The lowest BCUT2D eigenvalue weighted by atomic mass is 9.88. The predicted molar refractivity (Wildman–Crippen MR) is 92.9 cm³/mol. The monoisotopic (exact) mass is 367 g/mol. The fourth-order valence-electron chi connectivity index (χ4n) is 2.94. The number of aromatic hydroxyl groups is 1. The van der Waals surface area contributed by atoms with Crippen LogP contribution in [0.4, 0.5) is 0 Å². The summed E-state index contributed by atoms with van der Waals surface area (Å²) in [7, 11) is 2.14. The van der Waals surface area contributed by atoms with E-state index in [-0.39, 0.29) is 28.6 Å². The van der Waals surface area contributed by atoms with Crippen LogP contribution in [0.15, 0.2) is 42.5 Å². The van der Waals surface area contributed by atoms with Gasteiger partial charge in [-0.05, 0) is 42.3 Å². The number of hydrogen-bond donors (Lipinski definition) is 1. The van der Waals surface area contributed by atoms with Crippen molar-refractivity contribution in [3.05, 3.63) is 64.2 Å². The van der Waals surface area contributed by atoms with Crippen molar-refractivity contribution in [3.63, 3.8) is 0 Å². The van der Waals surface area contributed by atoms with Crippen LogP contribution in [0, 0.1) is 0 Å². The quantitative estimate of drug-likeness (QED) is 0.813. The van der Waals surface area contributed by atoms with E-state index < -0.39 is 0 Å². The first-order valence-corrected chi connectivity index (χ1v) is 7.27. The zero-order valence-electron chi connectivity index (χ0n) is 11.9. The van der Waals surface area contributed by atoms with E-state index in [1.165, 1.54) is 16.7 Å². The number of fused-ring (bicyclic) bond motifs is 1. The van der Waals surface area contributed by atoms with Crippen molar-refractivity contribution in [2.75, 3.05) is 20.1 Å². The Balaban J connectivity index is 0.00000161. The molecule has 0 amide bonds. The molecule has 0 radical (unpaired) electrons. The molecule has 2 aromatic carbocycles. The highest BCUT2D eigenvalue weighted by atomic mass is 79.9. The Morgan fingerprint density at radius 1 is 1.19 bits per heavy atom. The SMILES string of the molecule is Br.CN1CCc2cc(Cl)c(O)cc2C(c2ccccc2)C1. The van der Waals surface area contributed by atoms with Gasteiger partial charge >= 0.3 is 0 Å². The Morgan fingerprint density at radius 3 is 2.62 bits per heavy atom. The first-order chi connectivity index (χ1) is 9.65. The summed E-state index contributed by atoms with van der Waals surface area (Å²) in [4.78, 5) is 2.34. The third-order valence-corrected chi connectivity index (χ3v) is 4.35. The van der Waals surface area contributed by atoms with Gasteiger partial charge in [-0.1, -0.05) is 41.9 Å². The molecular weight excluding hydrogens is 350 g/mol. The van der Waals surface area contributed by atoms with Crippen LogP contribution >= 0.6 is 28.6 Å². The van der Waals surface area contributed by atoms with Crippen molar-refractivity contribution in [1.82, 2.24) is 4.90 Å². The minimum absolute atomic E-state index is 0. The van der Waals surface area contributed by atoms with Crippen molar-refractivity contribution in [2.45, 2.75) is 12.3 Å². The van der Waals surface area contributed by atoms with Crippen molar-refractivity contribution < 1.29 is 5.11 Å². The maximum Gasteiger partial charge on any atom is 0.134 e. The average Bonchev–Trinajstić information content (AvgIpc) is 2.61. The van der Waals surface area contributed by atoms with E-state index in [9.17, 15) is 5.11 Å². The molecule has 1 N–H and O–H groups in total. The van der Waals surface area contributed by atoms with Gasteiger partial charge in [0.25, 0.3) is 0 Å². The molecule has 3 rings (SSSR count). The van der Waals surface area contributed by atoms with Crippen LogP contribution in [0.5, 0.6) is 5.75 Å². The number of benzene rings is 2. The van der Waals surface area contributed by atoms with Gasteiger partial charge in [0.2, 0.25) is 0 Å². The second kappa shape index (κ2) is 6.82. The summed E-state index contributed by atoms with van der Waals surface area (Å²) < 4.78 is 0. The van der Waals surface area contributed by atoms with Crippen LogP contribution < -0.4 is 0 Å². The largest absolute Gasteiger partial charge is 0.506 e. The maximum atomic E-state index is 9.95. The molecular formula is C17H19BrClNO. The lowest BCUT2D eigenvalue weighted by Crippen LogP contribution is -2.24. The Kier molecular flexibility index (Phi) is 5.31. The van der Waals surface area contributed by atoms with Crippen molar-refractivity contribution in [1.29, 1.82) is 0 Å². The summed E-state index contributed by atoms with van der Waals surface area (Å²) in [5.74, 6) is 0.456. The molecule has 4 heteroatoms. The lowest BCUT2D eigenvalue weighted by molar-refractivity contribution is 0.338. The highest BCUT2D eigenvalue weighted by Gasteiger charge is 2.24. The van der Waals surface area contributed by atoms with Crippen LogP contribution in [0.2, 0.25) is 5.02 Å². The van der Waals surface area contributed by atoms with E-state index in [1.54, 1.807) is 0 Å². The molecule has 112 valence electrons. The zero-order chi connectivity index (χ0) is 14.1. The van der Waals surface area contributed by atoms with Gasteiger partial charge in [-0.15, -0.1) is 17.0 Å². The van der Waals surface area contributed by atoms with Gasteiger partial charge < -0.3 is 10.0 Å². The summed E-state index contributed by atoms with van der Waals surface area (Å²) >= 11 is 6.07. The molecule has 1 unspecified atom stereocenters. The highest BCUT2D eigenvalue weighted by molar-refractivity contribution is 8.93. The first-order valence-electron chi connectivity index (χ1n) is 6.90. The van der Waals surface area contributed by atoms with Gasteiger partial charge in [-0.2, -0.15) is 0 Å². The third kappa shape index (κ3) is 3.42. The van der Waals surface area contributed by atoms with Crippen LogP contribution in [-0.2, 0) is 6.42 Å². The molecule has 1 aliphatic heterocycles. The van der Waals surface area contributed by atoms with Crippen LogP contribution in [-0.4, -0.2) is 30.1 Å². The van der Waals surface area contributed by atoms with Crippen LogP contribution in [0.3, 0.4) is 0 Å². The molecule has 2 nitrogen and oxygen atoms in total. The summed E-state index contributed by atoms with van der Waals surface area (Å²) in [5, 5.41) is 10.4. The number of hydrogen-bond acceptors (Lipinski definition) is 2. The molecule has 1 aliphatic rings. The summed E-state index contributed by atoms with van der Waals surface area (Å²) in [5.41, 5.74) is 3.72. The number of phenols is 1. The highest BCUT2D eigenvalue weighted by Crippen LogP contribution is 2.36. The molecule has 21 heavy (non-hydrogen) atoms. The molecule has 1 atom stereocenters. The number of rotatable bonds is 1. The van der Waals surface area contributed by atoms with Crippen molar-refractivity contribution in [3.8, 4) is 5.75 Å². The lowest BCUT2D eigenvalue weighted by Gasteiger charge is -2.22. The van der Waals surface area contributed by atoms with E-state index in [1.807, 2.05) is 18.2 Å². The average molecular weight is 369 g/mol. The summed E-state index contributed by atoms with van der Waals surface area (Å²) in [6.07, 6.45) is 0.967. The number of likely N-dealkylation sites (N-methyl/N-ethyl adjacent to an activating group) is 1. The van der Waals surface area contributed by atoms with Crippen molar-refractivity contribution in [2.24, 2.45) is 0 Å². The standard InChI is InChI=1S/C17H18ClNO.BrH/c1-19-8-7-13-9-16(18)17(20)10-14(13)15(11-19)12-5-3-2-4-6-12;/h2-6,9-10,15,20H,7-8,11H2,1H3;1H. The fraction of sp³-hybridized carbons (Fsp3) is 0.294. The molecule has 1 heterocycles. The Hall–Kier alpha value is -1.03. The van der Waals surface area contributed by atoms with Gasteiger partial charge in [0.15, 0.2) is 0 Å². The molecule has 0 bridgehead atoms. The van der Waals surface area contributed by atoms with E-state index in [2.05, 4.69) is 36.2 Å². The minimum Gasteiger partial charge on any atom is -0.506 e. The second-order valence-electron chi connectivity index (χ2n) is 5.48. The van der Waals surface area contributed by atoms with Crippen molar-refractivity contribution >= 4 is 28.6 Å². The van der Waals surface area contributed by atoms with E-state index in [0.717, 1.165) is 19.5 Å². The zero-order valence-corrected chi connectivity index (χ0v) is 14.4. The molecule has 0 fully saturated rings. The molecule has 0 aromatic heterocycles. The number of phenolic OH excluding ortho intramolecular Hbond substituents is 1. The smallest absolute Gasteiger partial charge is 0.134 e. The Bertz CT molecular complexity index is 618. The van der Waals surface area contributed by atoms with Crippen LogP contribution in [0.1, 0.15) is 22.6 Å². The van der Waals surface area contributed by atoms with E-state index in [0.29, 0.717) is 5.02 Å². The molecule has 2 aromatic rings. The first kappa shape index (κ1) is 16.3. The molecule has 0 aliphatic carbocycles. The van der Waals surface area contributed by atoms with Crippen LogP contribution in [0.25, 0.3) is 0 Å². The number of nitrogens with zero attached hydrogens (tertiary/aromatic N) is 1. The molecule has 0 saturated carbocycles. The summed E-state index contributed by atoms with van der Waals surface area (Å²) in [6.45, 7) is 1.97. The Morgan fingerprint density at radius 2 is 1.90 bits per heavy atom. The molecule has 0 saturated heterocycles. The Labute approximate surface area is 141 Å². The number of halogens is 2. The topological polar surface area (TPSA) is 23.5 Å². The third-order valence-electron chi connectivity index (χ3n) is 4.04. The predicted octanol–water partition coefficient (Wildman–Crippen LogP) is 4.24. The summed E-state index contributed by atoms with van der Waals surface area (Å²) in [6, 6.07) is 14.2. The minimum atomic E-state index is 0. The normalized spacial score (nSPS) is 18.5. The van der Waals surface area contributed by atoms with Gasteiger partial charge in [-0.3, -0.25) is 0 Å². The maximum absolute atomic E-state index is 9.95. The van der Waals surface area contributed by atoms with Gasteiger partial charge in [0.1, 0.15) is 5.75 Å². The second-order valence-corrected chi connectivity index (χ2v) is 5.89. The van der Waals surface area contributed by atoms with Gasteiger partial charge in [-0.25, -0.2) is 0 Å². The van der Waals surface area contributed by atoms with E-state index >= 15 is 0 Å². The van der Waals surface area contributed by atoms with Gasteiger partial charge in [0, 0.05) is 19.0 Å².